The summed E-state index contributed by atoms with van der Waals surface area (Å²) in [6.07, 6.45) is 2.31. The lowest BCUT2D eigenvalue weighted by Crippen LogP contribution is -2.29. The van der Waals surface area contributed by atoms with Crippen LogP contribution in [0.5, 0.6) is 0 Å². The number of halogens is 1. The van der Waals surface area contributed by atoms with Crippen LogP contribution < -0.4 is 22.5 Å². The molecule has 1 heterocycles. The van der Waals surface area contributed by atoms with Gasteiger partial charge in [-0.15, -0.1) is 0 Å². The van der Waals surface area contributed by atoms with E-state index in [2.05, 4.69) is 16.0 Å². The monoisotopic (exact) mass is 359 g/mol. The van der Waals surface area contributed by atoms with Crippen molar-refractivity contribution in [2.45, 2.75) is 20.3 Å². The Kier molecular flexibility index (Phi) is 8.24. The van der Waals surface area contributed by atoms with Crippen molar-refractivity contribution in [1.82, 2.24) is 10.3 Å². The van der Waals surface area contributed by atoms with Gasteiger partial charge in [0.2, 0.25) is 5.95 Å². The summed E-state index contributed by atoms with van der Waals surface area (Å²) in [6.45, 7) is 4.21. The third kappa shape index (κ3) is 5.29. The van der Waals surface area contributed by atoms with Crippen LogP contribution in [0.2, 0.25) is 0 Å². The first-order chi connectivity index (χ1) is 12.4. The zero-order valence-corrected chi connectivity index (χ0v) is 15.3. The van der Waals surface area contributed by atoms with Gasteiger partial charge in [-0.2, -0.15) is 4.39 Å². The van der Waals surface area contributed by atoms with Crippen LogP contribution in [0.25, 0.3) is 17.2 Å². The molecule has 7 heteroatoms. The van der Waals surface area contributed by atoms with Crippen molar-refractivity contribution in [2.24, 2.45) is 11.5 Å². The molecule has 0 aliphatic heterocycles. The first kappa shape index (κ1) is 21.1. The number of para-hydroxylation sites is 1. The van der Waals surface area contributed by atoms with Crippen LogP contribution in [-0.4, -0.2) is 24.5 Å². The van der Waals surface area contributed by atoms with Crippen molar-refractivity contribution in [3.8, 4) is 11.1 Å². The third-order valence-electron chi connectivity index (χ3n) is 3.53. The molecule has 26 heavy (non-hydrogen) atoms. The smallest absolute Gasteiger partial charge is 0.267 e. The summed E-state index contributed by atoms with van der Waals surface area (Å²) < 4.78 is 14.1. The number of nitrogen functional groups attached to an aromatic ring is 1. The Bertz CT molecular complexity index is 789. The lowest BCUT2D eigenvalue weighted by Gasteiger charge is -2.11. The minimum atomic E-state index is -0.587. The number of hydrogen-bond acceptors (Lipinski definition) is 5. The summed E-state index contributed by atoms with van der Waals surface area (Å²) >= 11 is 0. The van der Waals surface area contributed by atoms with Crippen LogP contribution in [0.15, 0.2) is 36.0 Å². The van der Waals surface area contributed by atoms with Gasteiger partial charge < -0.3 is 22.5 Å². The number of nitrogens with two attached hydrogens (primary N) is 3. The predicted octanol–water partition coefficient (Wildman–Crippen LogP) is 2.18. The number of rotatable bonds is 5. The number of nitrogens with zero attached hydrogens (tertiary/aromatic N) is 1. The van der Waals surface area contributed by atoms with Gasteiger partial charge in [-0.25, -0.2) is 4.98 Å². The van der Waals surface area contributed by atoms with Crippen molar-refractivity contribution >= 4 is 17.7 Å². The van der Waals surface area contributed by atoms with Crippen LogP contribution in [0.3, 0.4) is 0 Å². The van der Waals surface area contributed by atoms with E-state index in [0.29, 0.717) is 34.6 Å². The minimum absolute atomic E-state index is 0.0507. The topological polar surface area (TPSA) is 120 Å². The summed E-state index contributed by atoms with van der Waals surface area (Å²) in [6, 6.07) is 8.50. The van der Waals surface area contributed by atoms with Crippen LogP contribution in [0.1, 0.15) is 24.6 Å². The number of amides is 1. The van der Waals surface area contributed by atoms with Gasteiger partial charge in [-0.3, -0.25) is 4.79 Å². The second kappa shape index (κ2) is 10.1. The summed E-state index contributed by atoms with van der Waals surface area (Å²) in [5.41, 5.74) is 18.8. The SMILES string of the molecule is CCCNC(=O)/C(N)=C/c1cccc(-c2ccc(C)nc2F)c1N.CN. The highest BCUT2D eigenvalue weighted by Crippen LogP contribution is 2.31. The molecule has 0 aliphatic carbocycles. The fourth-order valence-electron chi connectivity index (χ4n) is 2.24. The lowest BCUT2D eigenvalue weighted by atomic mass is 10.0. The predicted molar refractivity (Wildman–Crippen MR) is 104 cm³/mol. The Morgan fingerprint density at radius 1 is 1.23 bits per heavy atom. The molecule has 2 aromatic rings. The molecule has 140 valence electrons. The van der Waals surface area contributed by atoms with Crippen LogP contribution in [0, 0.1) is 12.9 Å². The molecule has 1 aromatic carbocycles. The number of nitrogens with one attached hydrogen (secondary N) is 1. The van der Waals surface area contributed by atoms with Crippen LogP contribution in [0.4, 0.5) is 10.1 Å². The van der Waals surface area contributed by atoms with Gasteiger partial charge >= 0.3 is 0 Å². The summed E-state index contributed by atoms with van der Waals surface area (Å²) in [5, 5.41) is 2.69. The number of pyridine rings is 1. The Morgan fingerprint density at radius 3 is 2.54 bits per heavy atom. The maximum atomic E-state index is 14.1. The molecule has 0 saturated heterocycles. The first-order valence-corrected chi connectivity index (χ1v) is 8.29. The zero-order valence-electron chi connectivity index (χ0n) is 15.3. The molecule has 0 radical (unpaired) electrons. The number of carbonyl (C=O) groups is 1. The van der Waals surface area contributed by atoms with E-state index >= 15 is 0 Å². The van der Waals surface area contributed by atoms with Gasteiger partial charge in [0.05, 0.1) is 5.70 Å². The van der Waals surface area contributed by atoms with E-state index in [1.165, 1.54) is 13.1 Å². The number of anilines is 1. The quantitative estimate of drug-likeness (QED) is 0.370. The molecule has 0 fully saturated rings. The molecule has 6 nitrogen and oxygen atoms in total. The van der Waals surface area contributed by atoms with Gasteiger partial charge in [0.1, 0.15) is 0 Å². The molecule has 2 rings (SSSR count). The van der Waals surface area contributed by atoms with Gasteiger partial charge in [0, 0.05) is 34.6 Å². The number of aryl methyl sites for hydroxylation is 1. The first-order valence-electron chi connectivity index (χ1n) is 8.29. The van der Waals surface area contributed by atoms with Crippen molar-refractivity contribution in [1.29, 1.82) is 0 Å². The molecule has 0 spiro atoms. The highest BCUT2D eigenvalue weighted by molar-refractivity contribution is 5.98. The normalized spacial score (nSPS) is 10.7. The lowest BCUT2D eigenvalue weighted by molar-refractivity contribution is -0.117. The number of hydrogen-bond donors (Lipinski definition) is 4. The fraction of sp³-hybridized carbons (Fsp3) is 0.263. The van der Waals surface area contributed by atoms with E-state index < -0.39 is 5.95 Å². The molecule has 0 bridgehead atoms. The van der Waals surface area contributed by atoms with Crippen molar-refractivity contribution < 1.29 is 9.18 Å². The molecule has 7 N–H and O–H groups in total. The van der Waals surface area contributed by atoms with E-state index in [0.717, 1.165) is 6.42 Å². The molecule has 0 unspecified atom stereocenters. The molecule has 0 atom stereocenters. The van der Waals surface area contributed by atoms with Crippen LogP contribution in [-0.2, 0) is 4.79 Å². The molecular weight excluding hydrogens is 333 g/mol. The van der Waals surface area contributed by atoms with Gasteiger partial charge in [0.15, 0.2) is 0 Å². The van der Waals surface area contributed by atoms with E-state index in [1.807, 2.05) is 6.92 Å². The highest BCUT2D eigenvalue weighted by Gasteiger charge is 2.12. The van der Waals surface area contributed by atoms with E-state index in [9.17, 15) is 9.18 Å². The second-order valence-corrected chi connectivity index (χ2v) is 5.46. The Labute approximate surface area is 153 Å². The van der Waals surface area contributed by atoms with E-state index in [4.69, 9.17) is 11.5 Å². The summed E-state index contributed by atoms with van der Waals surface area (Å²) in [7, 11) is 1.50. The van der Waals surface area contributed by atoms with Crippen LogP contribution >= 0.6 is 0 Å². The molecule has 1 aromatic heterocycles. The number of benzene rings is 1. The second-order valence-electron chi connectivity index (χ2n) is 5.46. The van der Waals surface area contributed by atoms with Gasteiger partial charge in [-0.05, 0) is 38.6 Å². The average molecular weight is 359 g/mol. The largest absolute Gasteiger partial charge is 0.398 e. The van der Waals surface area contributed by atoms with Crippen molar-refractivity contribution in [3.63, 3.8) is 0 Å². The number of aromatic nitrogens is 1. The Balaban J connectivity index is 0.00000163. The van der Waals surface area contributed by atoms with Gasteiger partial charge in [-0.1, -0.05) is 25.1 Å². The fourth-order valence-corrected chi connectivity index (χ4v) is 2.24. The maximum Gasteiger partial charge on any atom is 0.267 e. The standard InChI is InChI=1S/C18H21FN4O.CH5N/c1-3-9-22-18(24)15(20)10-12-5-4-6-13(16(12)21)14-8-7-11(2)23-17(14)19;1-2/h4-8,10H,3,9,20-21H2,1-2H3,(H,22,24);2H2,1H3/b15-10-;. The minimum Gasteiger partial charge on any atom is -0.398 e. The molecular formula is C19H26FN5O. The van der Waals surface area contributed by atoms with Crippen molar-refractivity contribution in [2.75, 3.05) is 19.3 Å². The van der Waals surface area contributed by atoms with E-state index in [-0.39, 0.29) is 11.6 Å². The average Bonchev–Trinajstić information content (AvgIpc) is 2.63. The van der Waals surface area contributed by atoms with Crippen molar-refractivity contribution in [3.05, 3.63) is 53.2 Å². The maximum absolute atomic E-state index is 14.1. The Hall–Kier alpha value is -2.93. The Morgan fingerprint density at radius 2 is 1.92 bits per heavy atom. The summed E-state index contributed by atoms with van der Waals surface area (Å²) in [5.74, 6) is -0.943. The van der Waals surface area contributed by atoms with E-state index in [1.54, 1.807) is 37.3 Å². The third-order valence-corrected chi connectivity index (χ3v) is 3.53. The molecule has 1 amide bonds. The number of carbonyl (C=O) groups excluding carboxylic acids is 1. The zero-order chi connectivity index (χ0) is 19.7. The van der Waals surface area contributed by atoms with Gasteiger partial charge in [0.25, 0.3) is 5.91 Å². The molecule has 0 aliphatic rings. The summed E-state index contributed by atoms with van der Waals surface area (Å²) in [4.78, 5) is 15.7. The molecule has 0 saturated carbocycles. The highest BCUT2D eigenvalue weighted by atomic mass is 19.1.